The molecule has 1 aromatic heterocycles. The topological polar surface area (TPSA) is 37.8 Å². The minimum absolute atomic E-state index is 0.0795. The number of rotatable bonds is 3. The summed E-state index contributed by atoms with van der Waals surface area (Å²) >= 11 is 12.3. The second-order valence-corrected chi connectivity index (χ2v) is 5.76. The van der Waals surface area contributed by atoms with Crippen molar-refractivity contribution in [2.45, 2.75) is 19.1 Å². The lowest BCUT2D eigenvalue weighted by molar-refractivity contribution is -0.138. The Kier molecular flexibility index (Phi) is 4.41. The average molecular weight is 342 g/mol. The SMILES string of the molecule is CC(Nc1nnc(C(F)(F)F)s1)c1ccc(Cl)cc1Cl. The molecule has 0 saturated carbocycles. The summed E-state index contributed by atoms with van der Waals surface area (Å²) in [7, 11) is 0. The molecule has 9 heteroatoms. The third-order valence-electron chi connectivity index (χ3n) is 2.44. The number of nitrogens with one attached hydrogen (secondary N) is 1. The van der Waals surface area contributed by atoms with Gasteiger partial charge in [0.1, 0.15) is 0 Å². The molecule has 108 valence electrons. The van der Waals surface area contributed by atoms with E-state index in [-0.39, 0.29) is 11.2 Å². The normalized spacial score (nSPS) is 13.3. The number of anilines is 1. The van der Waals surface area contributed by atoms with Crippen LogP contribution in [0.25, 0.3) is 0 Å². The minimum atomic E-state index is -4.49. The van der Waals surface area contributed by atoms with Crippen LogP contribution in [0.4, 0.5) is 18.3 Å². The molecule has 1 N–H and O–H groups in total. The molecule has 1 heterocycles. The van der Waals surface area contributed by atoms with E-state index in [1.807, 2.05) is 0 Å². The van der Waals surface area contributed by atoms with Crippen molar-refractivity contribution >= 4 is 39.7 Å². The van der Waals surface area contributed by atoms with Gasteiger partial charge in [-0.15, -0.1) is 10.2 Å². The van der Waals surface area contributed by atoms with Gasteiger partial charge in [-0.05, 0) is 24.6 Å². The van der Waals surface area contributed by atoms with Crippen molar-refractivity contribution in [3.63, 3.8) is 0 Å². The zero-order valence-electron chi connectivity index (χ0n) is 10.0. The third-order valence-corrected chi connectivity index (χ3v) is 3.90. The van der Waals surface area contributed by atoms with Crippen LogP contribution in [-0.2, 0) is 6.18 Å². The summed E-state index contributed by atoms with van der Waals surface area (Å²) in [5, 5.41) is 9.39. The lowest BCUT2D eigenvalue weighted by Gasteiger charge is -2.14. The molecule has 0 radical (unpaired) electrons. The van der Waals surface area contributed by atoms with Gasteiger partial charge in [0.05, 0.1) is 6.04 Å². The van der Waals surface area contributed by atoms with Gasteiger partial charge in [-0.25, -0.2) is 0 Å². The van der Waals surface area contributed by atoms with Crippen LogP contribution in [-0.4, -0.2) is 10.2 Å². The van der Waals surface area contributed by atoms with Crippen LogP contribution < -0.4 is 5.32 Å². The quantitative estimate of drug-likeness (QED) is 0.849. The van der Waals surface area contributed by atoms with Crippen molar-refractivity contribution in [1.29, 1.82) is 0 Å². The van der Waals surface area contributed by atoms with Gasteiger partial charge in [0.15, 0.2) is 0 Å². The van der Waals surface area contributed by atoms with E-state index in [1.54, 1.807) is 25.1 Å². The molecule has 20 heavy (non-hydrogen) atoms. The number of benzene rings is 1. The first-order valence-electron chi connectivity index (χ1n) is 5.39. The summed E-state index contributed by atoms with van der Waals surface area (Å²) in [4.78, 5) is 0. The van der Waals surface area contributed by atoms with E-state index in [0.717, 1.165) is 0 Å². The van der Waals surface area contributed by atoms with Gasteiger partial charge in [-0.3, -0.25) is 0 Å². The Labute approximate surface area is 126 Å². The highest BCUT2D eigenvalue weighted by atomic mass is 35.5. The molecule has 2 aromatic rings. The van der Waals surface area contributed by atoms with E-state index in [0.29, 0.717) is 26.9 Å². The van der Waals surface area contributed by atoms with Crippen molar-refractivity contribution < 1.29 is 13.2 Å². The standard InChI is InChI=1S/C11H8Cl2F3N3S/c1-5(7-3-2-6(12)4-8(7)13)17-10-19-18-9(20-10)11(14,15)16/h2-5H,1H3,(H,17,19). The first-order valence-corrected chi connectivity index (χ1v) is 6.97. The summed E-state index contributed by atoms with van der Waals surface area (Å²) in [6.07, 6.45) is -4.49. The lowest BCUT2D eigenvalue weighted by atomic mass is 10.1. The summed E-state index contributed by atoms with van der Waals surface area (Å²) in [5.74, 6) is 0. The Hall–Kier alpha value is -1.05. The third kappa shape index (κ3) is 3.53. The molecule has 1 atom stereocenters. The van der Waals surface area contributed by atoms with Crippen molar-refractivity contribution in [3.05, 3.63) is 38.8 Å². The molecule has 0 aliphatic rings. The van der Waals surface area contributed by atoms with Crippen molar-refractivity contribution in [2.75, 3.05) is 5.32 Å². The number of halogens is 5. The largest absolute Gasteiger partial charge is 0.445 e. The smallest absolute Gasteiger partial charge is 0.354 e. The monoisotopic (exact) mass is 341 g/mol. The summed E-state index contributed by atoms with van der Waals surface area (Å²) in [6, 6.07) is 4.60. The molecule has 0 aliphatic carbocycles. The molecule has 3 nitrogen and oxygen atoms in total. The maximum atomic E-state index is 12.4. The van der Waals surface area contributed by atoms with Crippen LogP contribution in [0, 0.1) is 0 Å². The number of hydrogen-bond acceptors (Lipinski definition) is 4. The Morgan fingerprint density at radius 1 is 1.25 bits per heavy atom. The fraction of sp³-hybridized carbons (Fsp3) is 0.273. The molecule has 0 fully saturated rings. The van der Waals surface area contributed by atoms with Gasteiger partial charge in [0.25, 0.3) is 0 Å². The van der Waals surface area contributed by atoms with E-state index >= 15 is 0 Å². The second kappa shape index (κ2) is 5.75. The molecule has 1 unspecified atom stereocenters. The van der Waals surface area contributed by atoms with Crippen LogP contribution in [0.1, 0.15) is 23.5 Å². The number of aromatic nitrogens is 2. The van der Waals surface area contributed by atoms with Crippen molar-refractivity contribution in [1.82, 2.24) is 10.2 Å². The van der Waals surface area contributed by atoms with Gasteiger partial charge in [0, 0.05) is 10.0 Å². The zero-order valence-corrected chi connectivity index (χ0v) is 12.3. The second-order valence-electron chi connectivity index (χ2n) is 3.94. The molecule has 0 bridgehead atoms. The van der Waals surface area contributed by atoms with Crippen LogP contribution in [0.3, 0.4) is 0 Å². The molecule has 0 amide bonds. The summed E-state index contributed by atoms with van der Waals surface area (Å²) in [5.41, 5.74) is 0.708. The molecule has 2 rings (SSSR count). The maximum absolute atomic E-state index is 12.4. The van der Waals surface area contributed by atoms with Gasteiger partial charge >= 0.3 is 6.18 Å². The van der Waals surface area contributed by atoms with Gasteiger partial charge in [-0.2, -0.15) is 13.2 Å². The summed E-state index contributed by atoms with van der Waals surface area (Å²) in [6.45, 7) is 1.75. The fourth-order valence-corrected chi connectivity index (χ4v) is 2.78. The van der Waals surface area contributed by atoms with Crippen LogP contribution in [0.15, 0.2) is 18.2 Å². The lowest BCUT2D eigenvalue weighted by Crippen LogP contribution is -2.06. The Morgan fingerprint density at radius 2 is 1.95 bits per heavy atom. The fourth-order valence-electron chi connectivity index (χ4n) is 1.51. The number of nitrogens with zero attached hydrogens (tertiary/aromatic N) is 2. The van der Waals surface area contributed by atoms with Crippen molar-refractivity contribution in [3.8, 4) is 0 Å². The van der Waals surface area contributed by atoms with Crippen LogP contribution >= 0.6 is 34.5 Å². The van der Waals surface area contributed by atoms with E-state index in [1.165, 1.54) is 0 Å². The van der Waals surface area contributed by atoms with E-state index in [4.69, 9.17) is 23.2 Å². The van der Waals surface area contributed by atoms with Gasteiger partial charge in [0.2, 0.25) is 10.1 Å². The number of hydrogen-bond donors (Lipinski definition) is 1. The minimum Gasteiger partial charge on any atom is -0.354 e. The first-order chi connectivity index (χ1) is 9.27. The van der Waals surface area contributed by atoms with E-state index < -0.39 is 11.2 Å². The molecular formula is C11H8Cl2F3N3S. The molecular weight excluding hydrogens is 334 g/mol. The van der Waals surface area contributed by atoms with E-state index in [9.17, 15) is 13.2 Å². The predicted molar refractivity (Wildman–Crippen MR) is 73.4 cm³/mol. The predicted octanol–water partition coefficient (Wildman–Crippen LogP) is 5.04. The van der Waals surface area contributed by atoms with Crippen molar-refractivity contribution in [2.24, 2.45) is 0 Å². The highest BCUT2D eigenvalue weighted by Gasteiger charge is 2.35. The molecule has 0 spiro atoms. The maximum Gasteiger partial charge on any atom is 0.445 e. The van der Waals surface area contributed by atoms with E-state index in [2.05, 4.69) is 15.5 Å². The van der Waals surface area contributed by atoms with Crippen LogP contribution in [0.2, 0.25) is 10.0 Å². The zero-order chi connectivity index (χ0) is 14.9. The highest BCUT2D eigenvalue weighted by Crippen LogP contribution is 2.35. The molecule has 0 saturated heterocycles. The van der Waals surface area contributed by atoms with Gasteiger partial charge < -0.3 is 5.32 Å². The highest BCUT2D eigenvalue weighted by molar-refractivity contribution is 7.15. The Bertz CT molecular complexity index is 615. The van der Waals surface area contributed by atoms with Crippen LogP contribution in [0.5, 0.6) is 0 Å². The average Bonchev–Trinajstić information content (AvgIpc) is 2.76. The Morgan fingerprint density at radius 3 is 2.50 bits per heavy atom. The Balaban J connectivity index is 2.15. The summed E-state index contributed by atoms with van der Waals surface area (Å²) < 4.78 is 37.2. The molecule has 0 aliphatic heterocycles. The molecule has 1 aromatic carbocycles. The number of alkyl halides is 3. The van der Waals surface area contributed by atoms with Gasteiger partial charge in [-0.1, -0.05) is 40.6 Å². The first kappa shape index (κ1) is 15.3.